The van der Waals surface area contributed by atoms with Crippen LogP contribution in [-0.4, -0.2) is 12.1 Å². The number of ether oxygens (including phenoxy) is 1. The smallest absolute Gasteiger partial charge is 0.120 e. The van der Waals surface area contributed by atoms with Crippen molar-refractivity contribution in [2.24, 2.45) is 11.1 Å². The summed E-state index contributed by atoms with van der Waals surface area (Å²) in [4.78, 5) is 0. The van der Waals surface area contributed by atoms with Gasteiger partial charge < -0.3 is 10.5 Å². The number of benzene rings is 1. The van der Waals surface area contributed by atoms with Crippen molar-refractivity contribution in [3.63, 3.8) is 0 Å². The van der Waals surface area contributed by atoms with Crippen LogP contribution in [0.25, 0.3) is 0 Å². The van der Waals surface area contributed by atoms with Crippen molar-refractivity contribution in [2.45, 2.75) is 69.9 Å². The van der Waals surface area contributed by atoms with E-state index in [9.17, 15) is 0 Å². The summed E-state index contributed by atoms with van der Waals surface area (Å²) in [7, 11) is 0. The summed E-state index contributed by atoms with van der Waals surface area (Å²) in [5.74, 6) is 1.08. The quantitative estimate of drug-likeness (QED) is 0.892. The van der Waals surface area contributed by atoms with Crippen molar-refractivity contribution < 1.29 is 4.74 Å². The predicted molar refractivity (Wildman–Crippen MR) is 81.0 cm³/mol. The highest BCUT2D eigenvalue weighted by Gasteiger charge is 2.54. The average Bonchev–Trinajstić information content (AvgIpc) is 2.95. The highest BCUT2D eigenvalue weighted by atomic mass is 16.5. The SMILES string of the molecule is NC1CC(Oc2ccc3c(c2)CCC3)C12CCCCC2. The maximum Gasteiger partial charge on any atom is 0.120 e. The molecular weight excluding hydrogens is 246 g/mol. The largest absolute Gasteiger partial charge is 0.490 e. The average molecular weight is 271 g/mol. The zero-order valence-electron chi connectivity index (χ0n) is 12.2. The standard InChI is InChI=1S/C18H25NO/c19-16-12-17(18(16)9-2-1-3-10-18)20-15-8-7-13-5-4-6-14(13)11-15/h7-8,11,16-17H,1-6,9-10,12,19H2. The van der Waals surface area contributed by atoms with E-state index in [2.05, 4.69) is 18.2 Å². The molecule has 108 valence electrons. The number of fused-ring (bicyclic) bond motifs is 1. The first-order valence-corrected chi connectivity index (χ1v) is 8.32. The second-order valence-electron chi connectivity index (χ2n) is 7.03. The van der Waals surface area contributed by atoms with Gasteiger partial charge in [0.15, 0.2) is 0 Å². The van der Waals surface area contributed by atoms with Gasteiger partial charge in [0.05, 0.1) is 0 Å². The second-order valence-corrected chi connectivity index (χ2v) is 7.03. The lowest BCUT2D eigenvalue weighted by atomic mass is 9.55. The predicted octanol–water partition coefficient (Wildman–Crippen LogP) is 3.60. The minimum absolute atomic E-state index is 0.289. The van der Waals surface area contributed by atoms with Crippen molar-refractivity contribution in [1.82, 2.24) is 0 Å². The Morgan fingerprint density at radius 1 is 1.00 bits per heavy atom. The second kappa shape index (κ2) is 4.77. The van der Waals surface area contributed by atoms with E-state index >= 15 is 0 Å². The van der Waals surface area contributed by atoms with E-state index in [-0.39, 0.29) is 5.41 Å². The normalized spacial score (nSPS) is 30.9. The van der Waals surface area contributed by atoms with Crippen LogP contribution in [0.3, 0.4) is 0 Å². The Bertz CT molecular complexity index is 504. The van der Waals surface area contributed by atoms with E-state index in [0.717, 1.165) is 12.2 Å². The van der Waals surface area contributed by atoms with Gasteiger partial charge in [0.1, 0.15) is 11.9 Å². The first-order chi connectivity index (χ1) is 9.78. The van der Waals surface area contributed by atoms with Crippen LogP contribution in [0.5, 0.6) is 5.75 Å². The summed E-state index contributed by atoms with van der Waals surface area (Å²) in [6.07, 6.45) is 11.7. The molecule has 3 aliphatic carbocycles. The van der Waals surface area contributed by atoms with E-state index in [1.54, 1.807) is 0 Å². The monoisotopic (exact) mass is 271 g/mol. The maximum atomic E-state index is 6.36. The fourth-order valence-electron chi connectivity index (χ4n) is 4.63. The number of hydrogen-bond acceptors (Lipinski definition) is 2. The highest BCUT2D eigenvalue weighted by molar-refractivity contribution is 5.38. The third kappa shape index (κ3) is 1.88. The van der Waals surface area contributed by atoms with Gasteiger partial charge in [0.2, 0.25) is 0 Å². The molecule has 0 radical (unpaired) electrons. The molecule has 0 saturated heterocycles. The lowest BCUT2D eigenvalue weighted by molar-refractivity contribution is -0.0898. The van der Waals surface area contributed by atoms with Crippen molar-refractivity contribution in [1.29, 1.82) is 0 Å². The van der Waals surface area contributed by atoms with Crippen LogP contribution in [0.4, 0.5) is 0 Å². The van der Waals surface area contributed by atoms with Gasteiger partial charge in [0.25, 0.3) is 0 Å². The first-order valence-electron chi connectivity index (χ1n) is 8.32. The van der Waals surface area contributed by atoms with Crippen molar-refractivity contribution >= 4 is 0 Å². The molecule has 2 fully saturated rings. The van der Waals surface area contributed by atoms with E-state index < -0.39 is 0 Å². The van der Waals surface area contributed by atoms with Crippen molar-refractivity contribution in [3.8, 4) is 5.75 Å². The number of hydrogen-bond donors (Lipinski definition) is 1. The number of nitrogens with two attached hydrogens (primary N) is 1. The molecule has 20 heavy (non-hydrogen) atoms. The molecule has 4 rings (SSSR count). The molecular formula is C18H25NO. The summed E-state index contributed by atoms with van der Waals surface area (Å²) in [5.41, 5.74) is 9.66. The van der Waals surface area contributed by atoms with E-state index in [1.807, 2.05) is 0 Å². The molecule has 3 aliphatic rings. The molecule has 0 amide bonds. The summed E-state index contributed by atoms with van der Waals surface area (Å²) in [5, 5.41) is 0. The van der Waals surface area contributed by atoms with Crippen LogP contribution in [0.2, 0.25) is 0 Å². The van der Waals surface area contributed by atoms with Crippen LogP contribution in [0.1, 0.15) is 56.1 Å². The molecule has 0 heterocycles. The molecule has 2 atom stereocenters. The van der Waals surface area contributed by atoms with Gasteiger partial charge in [-0.05, 0) is 55.4 Å². The van der Waals surface area contributed by atoms with Crippen molar-refractivity contribution in [3.05, 3.63) is 29.3 Å². The zero-order valence-corrected chi connectivity index (χ0v) is 12.2. The third-order valence-corrected chi connectivity index (χ3v) is 5.98. The molecule has 2 N–H and O–H groups in total. The van der Waals surface area contributed by atoms with Crippen LogP contribution in [-0.2, 0) is 12.8 Å². The lowest BCUT2D eigenvalue weighted by Gasteiger charge is -2.56. The Labute approximate surface area is 121 Å². The Morgan fingerprint density at radius 3 is 2.60 bits per heavy atom. The van der Waals surface area contributed by atoms with Gasteiger partial charge in [-0.2, -0.15) is 0 Å². The van der Waals surface area contributed by atoms with Crippen LogP contribution in [0.15, 0.2) is 18.2 Å². The van der Waals surface area contributed by atoms with Crippen LogP contribution in [0, 0.1) is 5.41 Å². The summed E-state index contributed by atoms with van der Waals surface area (Å²) in [6, 6.07) is 7.08. The summed E-state index contributed by atoms with van der Waals surface area (Å²) in [6.45, 7) is 0. The van der Waals surface area contributed by atoms with Gasteiger partial charge >= 0.3 is 0 Å². The fraction of sp³-hybridized carbons (Fsp3) is 0.667. The molecule has 1 aromatic rings. The van der Waals surface area contributed by atoms with Crippen LogP contribution >= 0.6 is 0 Å². The Balaban J connectivity index is 1.51. The zero-order chi connectivity index (χ0) is 13.6. The summed E-state index contributed by atoms with van der Waals surface area (Å²) < 4.78 is 6.36. The van der Waals surface area contributed by atoms with Gasteiger partial charge in [-0.25, -0.2) is 0 Å². The molecule has 1 aromatic carbocycles. The number of aryl methyl sites for hydroxylation is 2. The molecule has 2 nitrogen and oxygen atoms in total. The minimum Gasteiger partial charge on any atom is -0.490 e. The van der Waals surface area contributed by atoms with E-state index in [1.165, 1.54) is 62.5 Å². The highest BCUT2D eigenvalue weighted by Crippen LogP contribution is 2.52. The van der Waals surface area contributed by atoms with E-state index in [0.29, 0.717) is 12.1 Å². The molecule has 2 heteroatoms. The minimum atomic E-state index is 0.289. The molecule has 0 bridgehead atoms. The topological polar surface area (TPSA) is 35.2 Å². The summed E-state index contributed by atoms with van der Waals surface area (Å²) >= 11 is 0. The van der Waals surface area contributed by atoms with Gasteiger partial charge in [-0.15, -0.1) is 0 Å². The van der Waals surface area contributed by atoms with Gasteiger partial charge in [-0.1, -0.05) is 25.3 Å². The lowest BCUT2D eigenvalue weighted by Crippen LogP contribution is -2.64. The molecule has 2 unspecified atom stereocenters. The van der Waals surface area contributed by atoms with E-state index in [4.69, 9.17) is 10.5 Å². The Hall–Kier alpha value is -1.02. The molecule has 1 spiro atoms. The third-order valence-electron chi connectivity index (χ3n) is 5.98. The van der Waals surface area contributed by atoms with Crippen LogP contribution < -0.4 is 10.5 Å². The maximum absolute atomic E-state index is 6.36. The first kappa shape index (κ1) is 12.7. The van der Waals surface area contributed by atoms with Gasteiger partial charge in [0, 0.05) is 17.9 Å². The molecule has 0 aliphatic heterocycles. The Kier molecular flexibility index (Phi) is 3.03. The fourth-order valence-corrected chi connectivity index (χ4v) is 4.63. The van der Waals surface area contributed by atoms with Crippen molar-refractivity contribution in [2.75, 3.05) is 0 Å². The molecule has 0 aromatic heterocycles. The Morgan fingerprint density at radius 2 is 1.80 bits per heavy atom. The molecule has 2 saturated carbocycles. The number of rotatable bonds is 2. The van der Waals surface area contributed by atoms with Gasteiger partial charge in [-0.3, -0.25) is 0 Å².